The van der Waals surface area contributed by atoms with Crippen molar-refractivity contribution < 1.29 is 4.74 Å². The summed E-state index contributed by atoms with van der Waals surface area (Å²) in [7, 11) is 0. The van der Waals surface area contributed by atoms with Crippen LogP contribution in [0.1, 0.15) is 48.5 Å². The largest absolute Gasteiger partial charge is 0.381 e. The molecule has 18 heavy (non-hydrogen) atoms. The van der Waals surface area contributed by atoms with E-state index in [-0.39, 0.29) is 0 Å². The summed E-state index contributed by atoms with van der Waals surface area (Å²) < 4.78 is 5.56. The molecule has 1 unspecified atom stereocenters. The van der Waals surface area contributed by atoms with Crippen LogP contribution in [-0.2, 0) is 24.1 Å². The summed E-state index contributed by atoms with van der Waals surface area (Å²) >= 11 is 0. The van der Waals surface area contributed by atoms with E-state index in [1.165, 1.54) is 23.4 Å². The molecule has 1 aromatic rings. The van der Waals surface area contributed by atoms with Crippen LogP contribution in [-0.4, -0.2) is 29.7 Å². The average Bonchev–Trinajstić information content (AvgIpc) is 2.47. The fourth-order valence-corrected chi connectivity index (χ4v) is 2.85. The van der Waals surface area contributed by atoms with Gasteiger partial charge in [0.2, 0.25) is 0 Å². The zero-order chi connectivity index (χ0) is 12.4. The van der Waals surface area contributed by atoms with E-state index in [0.29, 0.717) is 5.92 Å². The number of fused-ring (bicyclic) bond motifs is 1. The molecule has 0 aromatic carbocycles. The number of nitrogens with zero attached hydrogens (tertiary/aromatic N) is 2. The van der Waals surface area contributed by atoms with Gasteiger partial charge in [-0.05, 0) is 19.3 Å². The topological polar surface area (TPSA) is 47.0 Å². The first-order chi connectivity index (χ1) is 8.88. The zero-order valence-corrected chi connectivity index (χ0v) is 11.0. The number of nitrogens with one attached hydrogen (secondary N) is 1. The highest BCUT2D eigenvalue weighted by Gasteiger charge is 2.23. The molecule has 1 atom stereocenters. The number of aryl methyl sites for hydroxylation is 1. The lowest BCUT2D eigenvalue weighted by Crippen LogP contribution is -2.28. The molecule has 2 aliphatic rings. The lowest BCUT2D eigenvalue weighted by molar-refractivity contribution is 0.0779. The van der Waals surface area contributed by atoms with Crippen molar-refractivity contribution in [1.29, 1.82) is 0 Å². The predicted octanol–water partition coefficient (Wildman–Crippen LogP) is 1.58. The van der Waals surface area contributed by atoms with E-state index in [1.807, 2.05) is 0 Å². The first-order valence-corrected chi connectivity index (χ1v) is 7.05. The van der Waals surface area contributed by atoms with E-state index in [0.717, 1.165) is 51.4 Å². The quantitative estimate of drug-likeness (QED) is 0.862. The van der Waals surface area contributed by atoms with Crippen LogP contribution in [0, 0.1) is 0 Å². The normalized spacial score (nSPS) is 23.7. The van der Waals surface area contributed by atoms with Crippen LogP contribution < -0.4 is 5.32 Å². The molecule has 1 aromatic heterocycles. The van der Waals surface area contributed by atoms with Gasteiger partial charge in [-0.2, -0.15) is 0 Å². The molecule has 1 N–H and O–H groups in total. The summed E-state index contributed by atoms with van der Waals surface area (Å²) in [5.41, 5.74) is 3.83. The molecule has 4 heteroatoms. The van der Waals surface area contributed by atoms with Crippen molar-refractivity contribution in [2.75, 3.05) is 19.8 Å². The highest BCUT2D eigenvalue weighted by molar-refractivity contribution is 5.29. The molecule has 0 saturated carbocycles. The SMILES string of the molecule is CCc1nc(C2CCCOC2)nc2c1CNCC2. The summed E-state index contributed by atoms with van der Waals surface area (Å²) in [6.07, 6.45) is 4.33. The molecule has 1 saturated heterocycles. The van der Waals surface area contributed by atoms with E-state index in [4.69, 9.17) is 14.7 Å². The van der Waals surface area contributed by atoms with Gasteiger partial charge in [0.1, 0.15) is 5.82 Å². The molecule has 98 valence electrons. The van der Waals surface area contributed by atoms with E-state index in [2.05, 4.69) is 12.2 Å². The number of hydrogen-bond acceptors (Lipinski definition) is 4. The molecule has 3 heterocycles. The lowest BCUT2D eigenvalue weighted by Gasteiger charge is -2.24. The van der Waals surface area contributed by atoms with Crippen LogP contribution >= 0.6 is 0 Å². The van der Waals surface area contributed by atoms with Crippen LogP contribution in [0.15, 0.2) is 0 Å². The van der Waals surface area contributed by atoms with Crippen molar-refractivity contribution in [1.82, 2.24) is 15.3 Å². The molecule has 0 aliphatic carbocycles. The highest BCUT2D eigenvalue weighted by Crippen LogP contribution is 2.25. The fraction of sp³-hybridized carbons (Fsp3) is 0.714. The van der Waals surface area contributed by atoms with Crippen LogP contribution in [0.2, 0.25) is 0 Å². The minimum Gasteiger partial charge on any atom is -0.381 e. The van der Waals surface area contributed by atoms with Gasteiger partial charge in [0.05, 0.1) is 12.3 Å². The van der Waals surface area contributed by atoms with Crippen LogP contribution in [0.3, 0.4) is 0 Å². The molecular weight excluding hydrogens is 226 g/mol. The van der Waals surface area contributed by atoms with Gasteiger partial charge in [-0.1, -0.05) is 6.92 Å². The van der Waals surface area contributed by atoms with Gasteiger partial charge in [0.25, 0.3) is 0 Å². The Morgan fingerprint density at radius 1 is 1.39 bits per heavy atom. The zero-order valence-electron chi connectivity index (χ0n) is 11.0. The third-order valence-corrected chi connectivity index (χ3v) is 3.90. The molecule has 0 amide bonds. The molecule has 0 spiro atoms. The number of hydrogen-bond donors (Lipinski definition) is 1. The second kappa shape index (κ2) is 5.33. The highest BCUT2D eigenvalue weighted by atomic mass is 16.5. The van der Waals surface area contributed by atoms with Crippen LogP contribution in [0.25, 0.3) is 0 Å². The van der Waals surface area contributed by atoms with Crippen molar-refractivity contribution in [2.45, 2.75) is 45.1 Å². The maximum Gasteiger partial charge on any atom is 0.134 e. The Morgan fingerprint density at radius 2 is 2.33 bits per heavy atom. The van der Waals surface area contributed by atoms with E-state index in [9.17, 15) is 0 Å². The summed E-state index contributed by atoms with van der Waals surface area (Å²) in [5.74, 6) is 1.43. The Labute approximate surface area is 108 Å². The summed E-state index contributed by atoms with van der Waals surface area (Å²) in [6, 6.07) is 0. The van der Waals surface area contributed by atoms with Crippen molar-refractivity contribution in [2.24, 2.45) is 0 Å². The molecule has 0 bridgehead atoms. The first kappa shape index (κ1) is 12.1. The smallest absolute Gasteiger partial charge is 0.134 e. The van der Waals surface area contributed by atoms with Gasteiger partial charge in [-0.25, -0.2) is 9.97 Å². The first-order valence-electron chi connectivity index (χ1n) is 7.05. The van der Waals surface area contributed by atoms with Gasteiger partial charge < -0.3 is 10.1 Å². The van der Waals surface area contributed by atoms with E-state index in [1.54, 1.807) is 0 Å². The Morgan fingerprint density at radius 3 is 3.11 bits per heavy atom. The lowest BCUT2D eigenvalue weighted by atomic mass is 9.98. The summed E-state index contributed by atoms with van der Waals surface area (Å²) in [4.78, 5) is 9.61. The monoisotopic (exact) mass is 247 g/mol. The van der Waals surface area contributed by atoms with Gasteiger partial charge in [0.15, 0.2) is 0 Å². The minimum absolute atomic E-state index is 0.407. The molecule has 4 nitrogen and oxygen atoms in total. The number of ether oxygens (including phenoxy) is 1. The maximum absolute atomic E-state index is 5.56. The van der Waals surface area contributed by atoms with E-state index >= 15 is 0 Å². The molecule has 0 radical (unpaired) electrons. The predicted molar refractivity (Wildman–Crippen MR) is 69.6 cm³/mol. The number of rotatable bonds is 2. The minimum atomic E-state index is 0.407. The van der Waals surface area contributed by atoms with Gasteiger partial charge in [-0.3, -0.25) is 0 Å². The Hall–Kier alpha value is -1.00. The second-order valence-corrected chi connectivity index (χ2v) is 5.15. The fourth-order valence-electron chi connectivity index (χ4n) is 2.85. The van der Waals surface area contributed by atoms with Crippen molar-refractivity contribution in [3.05, 3.63) is 22.8 Å². The van der Waals surface area contributed by atoms with E-state index < -0.39 is 0 Å². The van der Waals surface area contributed by atoms with Crippen LogP contribution in [0.5, 0.6) is 0 Å². The van der Waals surface area contributed by atoms with Crippen molar-refractivity contribution in [3.8, 4) is 0 Å². The summed E-state index contributed by atoms with van der Waals surface area (Å²) in [6.45, 7) is 5.83. The van der Waals surface area contributed by atoms with Gasteiger partial charge >= 0.3 is 0 Å². The Balaban J connectivity index is 1.94. The standard InChI is InChI=1S/C14H21N3O/c1-2-12-11-8-15-6-5-13(11)17-14(16-12)10-4-3-7-18-9-10/h10,15H,2-9H2,1H3. The van der Waals surface area contributed by atoms with Crippen molar-refractivity contribution >= 4 is 0 Å². The molecule has 3 rings (SSSR count). The Kier molecular flexibility index (Phi) is 3.57. The summed E-state index contributed by atoms with van der Waals surface area (Å²) in [5, 5.41) is 3.41. The third kappa shape index (κ3) is 2.27. The van der Waals surface area contributed by atoms with Crippen molar-refractivity contribution in [3.63, 3.8) is 0 Å². The maximum atomic E-state index is 5.56. The Bertz CT molecular complexity index is 410. The van der Waals surface area contributed by atoms with Crippen LogP contribution in [0.4, 0.5) is 0 Å². The molecule has 1 fully saturated rings. The average molecular weight is 247 g/mol. The third-order valence-electron chi connectivity index (χ3n) is 3.90. The number of aromatic nitrogens is 2. The second-order valence-electron chi connectivity index (χ2n) is 5.15. The molecular formula is C14H21N3O. The van der Waals surface area contributed by atoms with Gasteiger partial charge in [0, 0.05) is 43.3 Å². The molecule has 2 aliphatic heterocycles. The van der Waals surface area contributed by atoms with Gasteiger partial charge in [-0.15, -0.1) is 0 Å².